The first-order valence-electron chi connectivity index (χ1n) is 5.45. The van der Waals surface area contributed by atoms with Crippen molar-refractivity contribution in [1.82, 2.24) is 9.55 Å². The van der Waals surface area contributed by atoms with Crippen LogP contribution in [0.15, 0.2) is 10.5 Å². The second-order valence-electron chi connectivity index (χ2n) is 4.16. The molecule has 2 N–H and O–H groups in total. The summed E-state index contributed by atoms with van der Waals surface area (Å²) in [7, 11) is 1.88. The van der Waals surface area contributed by atoms with Crippen molar-refractivity contribution in [3.05, 3.63) is 21.9 Å². The van der Waals surface area contributed by atoms with Gasteiger partial charge in [-0.1, -0.05) is 0 Å². The zero-order valence-corrected chi connectivity index (χ0v) is 12.0. The van der Waals surface area contributed by atoms with E-state index in [1.807, 2.05) is 24.6 Å². The molecule has 0 unspecified atom stereocenters. The molecule has 0 amide bonds. The molecule has 1 aromatic carbocycles. The Morgan fingerprint density at radius 2 is 2.28 bits per heavy atom. The Balaban J connectivity index is 2.56. The first-order valence-corrected chi connectivity index (χ1v) is 6.24. The van der Waals surface area contributed by atoms with E-state index in [0.717, 1.165) is 21.1 Å². The van der Waals surface area contributed by atoms with Crippen LogP contribution in [0.4, 0.5) is 5.69 Å². The van der Waals surface area contributed by atoms with Gasteiger partial charge in [0, 0.05) is 18.4 Å². The molecule has 0 radical (unpaired) electrons. The van der Waals surface area contributed by atoms with E-state index in [1.165, 1.54) is 6.92 Å². The van der Waals surface area contributed by atoms with E-state index in [4.69, 9.17) is 10.5 Å². The number of hydrogen-bond donors (Lipinski definition) is 1. The van der Waals surface area contributed by atoms with Crippen LogP contribution < -0.4 is 5.73 Å². The molecular formula is C12H14BrN3O2. The molecule has 96 valence electrons. The van der Waals surface area contributed by atoms with Crippen molar-refractivity contribution in [2.24, 2.45) is 7.05 Å². The Hall–Kier alpha value is -1.56. The van der Waals surface area contributed by atoms with Gasteiger partial charge in [0.05, 0.1) is 11.2 Å². The summed E-state index contributed by atoms with van der Waals surface area (Å²) < 4.78 is 7.70. The molecule has 0 fully saturated rings. The summed E-state index contributed by atoms with van der Waals surface area (Å²) in [6, 6.07) is 2.00. The van der Waals surface area contributed by atoms with Gasteiger partial charge in [-0.25, -0.2) is 4.98 Å². The lowest BCUT2D eigenvalue weighted by Crippen LogP contribution is -2.04. The molecule has 0 atom stereocenters. The molecular weight excluding hydrogens is 298 g/mol. The van der Waals surface area contributed by atoms with E-state index >= 15 is 0 Å². The Bertz CT molecular complexity index is 634. The van der Waals surface area contributed by atoms with Gasteiger partial charge in [-0.15, -0.1) is 0 Å². The number of aromatic nitrogens is 2. The summed E-state index contributed by atoms with van der Waals surface area (Å²) in [5.74, 6) is 0.344. The van der Waals surface area contributed by atoms with Crippen LogP contribution in [0.1, 0.15) is 18.3 Å². The Morgan fingerprint density at radius 1 is 1.61 bits per heavy atom. The van der Waals surface area contributed by atoms with E-state index in [9.17, 15) is 4.79 Å². The van der Waals surface area contributed by atoms with Gasteiger partial charge in [-0.05, 0) is 34.5 Å². The number of anilines is 1. The van der Waals surface area contributed by atoms with Crippen molar-refractivity contribution in [3.8, 4) is 0 Å². The quantitative estimate of drug-likeness (QED) is 0.682. The van der Waals surface area contributed by atoms with Gasteiger partial charge >= 0.3 is 5.97 Å². The molecule has 0 bridgehead atoms. The second kappa shape index (κ2) is 4.61. The largest absolute Gasteiger partial charge is 0.458 e. The fraction of sp³-hybridized carbons (Fsp3) is 0.333. The maximum atomic E-state index is 10.8. The molecule has 0 spiro atoms. The Kier molecular flexibility index (Phi) is 3.30. The molecule has 0 saturated carbocycles. The number of imidazole rings is 1. The number of rotatable bonds is 2. The zero-order chi connectivity index (χ0) is 13.4. The third-order valence-corrected chi connectivity index (χ3v) is 3.88. The predicted molar refractivity (Wildman–Crippen MR) is 73.0 cm³/mol. The minimum atomic E-state index is -0.326. The number of carbonyl (C=O) groups is 1. The Labute approximate surface area is 113 Å². The molecule has 2 aromatic rings. The summed E-state index contributed by atoms with van der Waals surface area (Å²) in [5, 5.41) is 0. The average Bonchev–Trinajstić information content (AvgIpc) is 2.62. The van der Waals surface area contributed by atoms with Crippen LogP contribution in [0.25, 0.3) is 11.0 Å². The lowest BCUT2D eigenvalue weighted by Gasteiger charge is -2.05. The number of carbonyl (C=O) groups excluding carboxylic acids is 1. The first-order chi connectivity index (χ1) is 8.41. The molecule has 0 saturated heterocycles. The van der Waals surface area contributed by atoms with Gasteiger partial charge in [0.25, 0.3) is 0 Å². The highest BCUT2D eigenvalue weighted by molar-refractivity contribution is 9.10. The van der Waals surface area contributed by atoms with Gasteiger partial charge in [0.1, 0.15) is 17.9 Å². The number of aryl methyl sites for hydroxylation is 2. The number of benzene rings is 1. The lowest BCUT2D eigenvalue weighted by atomic mass is 10.2. The zero-order valence-electron chi connectivity index (χ0n) is 10.5. The molecule has 0 aliphatic heterocycles. The molecule has 0 aliphatic rings. The van der Waals surface area contributed by atoms with Crippen LogP contribution in [0, 0.1) is 6.92 Å². The van der Waals surface area contributed by atoms with Crippen LogP contribution in [0.3, 0.4) is 0 Å². The topological polar surface area (TPSA) is 70.1 Å². The molecule has 1 heterocycles. The van der Waals surface area contributed by atoms with Crippen molar-refractivity contribution in [3.63, 3.8) is 0 Å². The minimum Gasteiger partial charge on any atom is -0.458 e. The highest BCUT2D eigenvalue weighted by Gasteiger charge is 2.14. The summed E-state index contributed by atoms with van der Waals surface area (Å²) >= 11 is 3.44. The standard InChI is InChI=1S/C12H14BrN3O2/c1-6-4-8-12(11(14)10(6)13)15-9(16(8)3)5-18-7(2)17/h4H,5,14H2,1-3H3. The molecule has 5 nitrogen and oxygen atoms in total. The highest BCUT2D eigenvalue weighted by Crippen LogP contribution is 2.32. The summed E-state index contributed by atoms with van der Waals surface area (Å²) in [6.45, 7) is 3.49. The van der Waals surface area contributed by atoms with E-state index in [2.05, 4.69) is 20.9 Å². The van der Waals surface area contributed by atoms with Crippen LogP contribution in [0.5, 0.6) is 0 Å². The highest BCUT2D eigenvalue weighted by atomic mass is 79.9. The number of fused-ring (bicyclic) bond motifs is 1. The molecule has 2 rings (SSSR count). The Morgan fingerprint density at radius 3 is 2.89 bits per heavy atom. The van der Waals surface area contributed by atoms with Gasteiger partial charge in [-0.2, -0.15) is 0 Å². The molecule has 18 heavy (non-hydrogen) atoms. The lowest BCUT2D eigenvalue weighted by molar-refractivity contribution is -0.142. The average molecular weight is 312 g/mol. The first kappa shape index (κ1) is 12.9. The van der Waals surface area contributed by atoms with Gasteiger partial charge in [0.2, 0.25) is 0 Å². The van der Waals surface area contributed by atoms with Gasteiger partial charge < -0.3 is 15.0 Å². The molecule has 6 heteroatoms. The maximum absolute atomic E-state index is 10.8. The summed E-state index contributed by atoms with van der Waals surface area (Å²) in [6.07, 6.45) is 0. The number of nitrogens with zero attached hydrogens (tertiary/aromatic N) is 2. The number of esters is 1. The van der Waals surface area contributed by atoms with E-state index in [1.54, 1.807) is 0 Å². The van der Waals surface area contributed by atoms with Crippen LogP contribution in [-0.4, -0.2) is 15.5 Å². The molecule has 1 aromatic heterocycles. The van der Waals surface area contributed by atoms with Crippen molar-refractivity contribution in [1.29, 1.82) is 0 Å². The monoisotopic (exact) mass is 311 g/mol. The number of ether oxygens (including phenoxy) is 1. The predicted octanol–water partition coefficient (Wildman–Crippen LogP) is 2.29. The van der Waals surface area contributed by atoms with Crippen molar-refractivity contribution in [2.75, 3.05) is 5.73 Å². The number of nitrogens with two attached hydrogens (primary N) is 1. The van der Waals surface area contributed by atoms with Crippen molar-refractivity contribution in [2.45, 2.75) is 20.5 Å². The third-order valence-electron chi connectivity index (χ3n) is 2.83. The number of halogens is 1. The SMILES string of the molecule is CC(=O)OCc1nc2c(N)c(Br)c(C)cc2n1C. The second-order valence-corrected chi connectivity index (χ2v) is 4.95. The van der Waals surface area contributed by atoms with Gasteiger partial charge in [-0.3, -0.25) is 4.79 Å². The molecule has 0 aliphatic carbocycles. The summed E-state index contributed by atoms with van der Waals surface area (Å²) in [5.41, 5.74) is 9.32. The number of hydrogen-bond acceptors (Lipinski definition) is 4. The van der Waals surface area contributed by atoms with Crippen LogP contribution in [0.2, 0.25) is 0 Å². The fourth-order valence-corrected chi connectivity index (χ4v) is 2.10. The van der Waals surface area contributed by atoms with Gasteiger partial charge in [0.15, 0.2) is 0 Å². The van der Waals surface area contributed by atoms with E-state index in [-0.39, 0.29) is 12.6 Å². The van der Waals surface area contributed by atoms with E-state index in [0.29, 0.717) is 11.5 Å². The number of nitrogen functional groups attached to an aromatic ring is 1. The van der Waals surface area contributed by atoms with Crippen molar-refractivity contribution >= 4 is 38.6 Å². The van der Waals surface area contributed by atoms with Crippen LogP contribution >= 0.6 is 15.9 Å². The van der Waals surface area contributed by atoms with Crippen molar-refractivity contribution < 1.29 is 9.53 Å². The normalized spacial score (nSPS) is 10.9. The van der Waals surface area contributed by atoms with E-state index < -0.39 is 0 Å². The maximum Gasteiger partial charge on any atom is 0.303 e. The minimum absolute atomic E-state index is 0.149. The van der Waals surface area contributed by atoms with Crippen LogP contribution in [-0.2, 0) is 23.2 Å². The summed E-state index contributed by atoms with van der Waals surface area (Å²) in [4.78, 5) is 15.2. The third kappa shape index (κ3) is 2.08. The fourth-order valence-electron chi connectivity index (χ4n) is 1.80. The smallest absolute Gasteiger partial charge is 0.303 e.